The lowest BCUT2D eigenvalue weighted by Gasteiger charge is -2.28. The first-order chi connectivity index (χ1) is 12.3. The Morgan fingerprint density at radius 2 is 1.56 bits per heavy atom. The summed E-state index contributed by atoms with van der Waals surface area (Å²) < 4.78 is 12.6. The molecule has 5 heteroatoms. The summed E-state index contributed by atoms with van der Waals surface area (Å²) in [6.07, 6.45) is 1.83. The molecule has 4 rings (SSSR count). The molecule has 2 heterocycles. The molecule has 1 fully saturated rings. The van der Waals surface area contributed by atoms with Gasteiger partial charge >= 0.3 is 0 Å². The van der Waals surface area contributed by atoms with E-state index >= 15 is 0 Å². The molecule has 0 N–H and O–H groups in total. The molecular formula is C20H21N3O2. The molecule has 25 heavy (non-hydrogen) atoms. The Bertz CT molecular complexity index is 819. The second-order valence-corrected chi connectivity index (χ2v) is 5.97. The van der Waals surface area contributed by atoms with Crippen molar-refractivity contribution in [3.8, 4) is 22.7 Å². The number of nitrogens with zero attached hydrogens (tertiary/aromatic N) is 3. The molecule has 1 aromatic heterocycles. The minimum absolute atomic E-state index is 0.794. The zero-order chi connectivity index (χ0) is 17.1. The number of rotatable bonds is 4. The molecule has 0 atom stereocenters. The van der Waals surface area contributed by atoms with E-state index in [-0.39, 0.29) is 0 Å². The van der Waals surface area contributed by atoms with Crippen molar-refractivity contribution < 1.29 is 9.47 Å². The molecule has 128 valence electrons. The molecule has 0 saturated carbocycles. The third-order valence-electron chi connectivity index (χ3n) is 4.50. The largest absolute Gasteiger partial charge is 0.497 e. The van der Waals surface area contributed by atoms with Gasteiger partial charge in [0.2, 0.25) is 0 Å². The number of anilines is 1. The fourth-order valence-electron chi connectivity index (χ4n) is 3.12. The summed E-state index contributed by atoms with van der Waals surface area (Å²) in [5.41, 5.74) is 4.44. The molecule has 5 nitrogen and oxygen atoms in total. The summed E-state index contributed by atoms with van der Waals surface area (Å²) in [4.78, 5) is 2.35. The van der Waals surface area contributed by atoms with Crippen LogP contribution in [0.5, 0.6) is 5.75 Å². The fraction of sp³-hybridized carbons (Fsp3) is 0.250. The van der Waals surface area contributed by atoms with E-state index in [1.54, 1.807) is 7.11 Å². The Labute approximate surface area is 147 Å². The number of hydrogen-bond acceptors (Lipinski definition) is 4. The van der Waals surface area contributed by atoms with Crippen molar-refractivity contribution >= 4 is 5.69 Å². The highest BCUT2D eigenvalue weighted by atomic mass is 16.5. The predicted octanol–water partition coefficient (Wildman–Crippen LogP) is 3.38. The van der Waals surface area contributed by atoms with Gasteiger partial charge < -0.3 is 14.4 Å². The third-order valence-corrected chi connectivity index (χ3v) is 4.50. The van der Waals surface area contributed by atoms with Crippen LogP contribution < -0.4 is 9.64 Å². The first-order valence-electron chi connectivity index (χ1n) is 8.47. The van der Waals surface area contributed by atoms with Crippen molar-refractivity contribution in [3.05, 3.63) is 60.8 Å². The minimum Gasteiger partial charge on any atom is -0.497 e. The zero-order valence-electron chi connectivity index (χ0n) is 14.3. The molecule has 1 aliphatic rings. The molecule has 0 bridgehead atoms. The molecule has 0 aliphatic carbocycles. The fourth-order valence-corrected chi connectivity index (χ4v) is 3.12. The van der Waals surface area contributed by atoms with E-state index in [0.717, 1.165) is 49.0 Å². The molecular weight excluding hydrogens is 314 g/mol. The number of aromatic nitrogens is 2. The summed E-state index contributed by atoms with van der Waals surface area (Å²) in [7, 11) is 1.68. The SMILES string of the molecule is COc1ccc(-c2ccnn2-c2ccc(N3CCOCC3)cc2)cc1. The van der Waals surface area contributed by atoms with Gasteiger partial charge in [0, 0.05) is 24.3 Å². The topological polar surface area (TPSA) is 39.5 Å². The standard InChI is InChI=1S/C20H21N3O2/c1-24-19-8-2-16(3-9-19)20-10-11-21-23(20)18-6-4-17(5-7-18)22-12-14-25-15-13-22/h2-11H,12-15H2,1H3. The Morgan fingerprint density at radius 3 is 2.24 bits per heavy atom. The predicted molar refractivity (Wildman–Crippen MR) is 98.6 cm³/mol. The summed E-state index contributed by atoms with van der Waals surface area (Å²) in [6.45, 7) is 3.47. The minimum atomic E-state index is 0.794. The molecule has 1 saturated heterocycles. The van der Waals surface area contributed by atoms with E-state index < -0.39 is 0 Å². The second kappa shape index (κ2) is 6.99. The van der Waals surface area contributed by atoms with Crippen LogP contribution in [0.3, 0.4) is 0 Å². The Hall–Kier alpha value is -2.79. The highest BCUT2D eigenvalue weighted by Gasteiger charge is 2.12. The number of morpholine rings is 1. The van der Waals surface area contributed by atoms with Crippen LogP contribution >= 0.6 is 0 Å². The van der Waals surface area contributed by atoms with Gasteiger partial charge in [0.05, 0.1) is 37.9 Å². The van der Waals surface area contributed by atoms with Crippen LogP contribution in [0.15, 0.2) is 60.8 Å². The number of hydrogen-bond donors (Lipinski definition) is 0. The van der Waals surface area contributed by atoms with Crippen LogP contribution in [0.4, 0.5) is 5.69 Å². The third kappa shape index (κ3) is 3.23. The Balaban J connectivity index is 1.60. The van der Waals surface area contributed by atoms with Crippen LogP contribution in [0, 0.1) is 0 Å². The Morgan fingerprint density at radius 1 is 0.880 bits per heavy atom. The average molecular weight is 335 g/mol. The summed E-state index contributed by atoms with van der Waals surface area (Å²) in [5.74, 6) is 0.852. The number of benzene rings is 2. The van der Waals surface area contributed by atoms with Gasteiger partial charge in [-0.15, -0.1) is 0 Å². The van der Waals surface area contributed by atoms with E-state index in [2.05, 4.69) is 46.4 Å². The first-order valence-corrected chi connectivity index (χ1v) is 8.47. The normalized spacial score (nSPS) is 14.5. The molecule has 2 aromatic carbocycles. The zero-order valence-corrected chi connectivity index (χ0v) is 14.3. The van der Waals surface area contributed by atoms with Crippen LogP contribution in [0.1, 0.15) is 0 Å². The van der Waals surface area contributed by atoms with Crippen LogP contribution in [-0.4, -0.2) is 43.2 Å². The lowest BCUT2D eigenvalue weighted by Crippen LogP contribution is -2.36. The lowest BCUT2D eigenvalue weighted by molar-refractivity contribution is 0.122. The maximum Gasteiger partial charge on any atom is 0.118 e. The smallest absolute Gasteiger partial charge is 0.118 e. The lowest BCUT2D eigenvalue weighted by atomic mass is 10.1. The van der Waals surface area contributed by atoms with E-state index in [0.29, 0.717) is 0 Å². The van der Waals surface area contributed by atoms with Crippen molar-refractivity contribution in [1.29, 1.82) is 0 Å². The molecule has 1 aliphatic heterocycles. The highest BCUT2D eigenvalue weighted by Crippen LogP contribution is 2.26. The van der Waals surface area contributed by atoms with Gasteiger partial charge in [-0.25, -0.2) is 4.68 Å². The van der Waals surface area contributed by atoms with Gasteiger partial charge in [-0.2, -0.15) is 5.10 Å². The maximum atomic E-state index is 5.42. The molecule has 0 unspecified atom stereocenters. The van der Waals surface area contributed by atoms with E-state index in [1.807, 2.05) is 29.1 Å². The number of ether oxygens (including phenoxy) is 2. The first kappa shape index (κ1) is 15.7. The van der Waals surface area contributed by atoms with Crippen LogP contribution in [0.2, 0.25) is 0 Å². The second-order valence-electron chi connectivity index (χ2n) is 5.97. The summed E-state index contributed by atoms with van der Waals surface area (Å²) in [5, 5.41) is 4.50. The molecule has 0 radical (unpaired) electrons. The van der Waals surface area contributed by atoms with Gasteiger partial charge in [-0.3, -0.25) is 0 Å². The van der Waals surface area contributed by atoms with Crippen molar-refractivity contribution in [2.75, 3.05) is 38.3 Å². The molecule has 3 aromatic rings. The average Bonchev–Trinajstić information content (AvgIpc) is 3.19. The van der Waals surface area contributed by atoms with Crippen molar-refractivity contribution in [2.24, 2.45) is 0 Å². The maximum absolute atomic E-state index is 5.42. The van der Waals surface area contributed by atoms with Crippen molar-refractivity contribution in [1.82, 2.24) is 9.78 Å². The molecule has 0 amide bonds. The van der Waals surface area contributed by atoms with Gasteiger partial charge in [0.15, 0.2) is 0 Å². The summed E-state index contributed by atoms with van der Waals surface area (Å²) >= 11 is 0. The van der Waals surface area contributed by atoms with Gasteiger partial charge in [-0.05, 0) is 54.6 Å². The quantitative estimate of drug-likeness (QED) is 0.733. The van der Waals surface area contributed by atoms with E-state index in [4.69, 9.17) is 9.47 Å². The van der Waals surface area contributed by atoms with Crippen LogP contribution in [0.25, 0.3) is 16.9 Å². The van der Waals surface area contributed by atoms with E-state index in [9.17, 15) is 0 Å². The number of methoxy groups -OCH3 is 1. The summed E-state index contributed by atoms with van der Waals surface area (Å²) in [6, 6.07) is 18.6. The molecule has 0 spiro atoms. The van der Waals surface area contributed by atoms with E-state index in [1.165, 1.54) is 5.69 Å². The van der Waals surface area contributed by atoms with Gasteiger partial charge in [0.1, 0.15) is 5.75 Å². The van der Waals surface area contributed by atoms with Crippen molar-refractivity contribution in [3.63, 3.8) is 0 Å². The van der Waals surface area contributed by atoms with Crippen LogP contribution in [-0.2, 0) is 4.74 Å². The monoisotopic (exact) mass is 335 g/mol. The highest BCUT2D eigenvalue weighted by molar-refractivity contribution is 5.63. The van der Waals surface area contributed by atoms with Crippen molar-refractivity contribution in [2.45, 2.75) is 0 Å². The van der Waals surface area contributed by atoms with Gasteiger partial charge in [-0.1, -0.05) is 0 Å². The van der Waals surface area contributed by atoms with Gasteiger partial charge in [0.25, 0.3) is 0 Å². The Kier molecular flexibility index (Phi) is 4.39.